The van der Waals surface area contributed by atoms with Gasteiger partial charge in [-0.05, 0) is 25.1 Å². The van der Waals surface area contributed by atoms with Gasteiger partial charge in [0.2, 0.25) is 5.91 Å². The summed E-state index contributed by atoms with van der Waals surface area (Å²) in [6.07, 6.45) is 0. The number of nitrogens with two attached hydrogens (primary N) is 1. The fourth-order valence-electron chi connectivity index (χ4n) is 1.41. The Kier molecular flexibility index (Phi) is 5.66. The minimum Gasteiger partial charge on any atom is -0.492 e. The first-order valence-electron chi connectivity index (χ1n) is 5.98. The highest BCUT2D eigenvalue weighted by atomic mass is 16.5. The van der Waals surface area contributed by atoms with E-state index < -0.39 is 5.97 Å². The molecule has 0 aliphatic rings. The number of esters is 1. The molecule has 0 saturated carbocycles. The normalized spacial score (nSPS) is 9.79. The quantitative estimate of drug-likeness (QED) is 0.454. The van der Waals surface area contributed by atoms with Crippen molar-refractivity contribution in [3.05, 3.63) is 23.8 Å². The van der Waals surface area contributed by atoms with Crippen molar-refractivity contribution < 1.29 is 19.1 Å². The smallest absolute Gasteiger partial charge is 0.340 e. The first-order valence-corrected chi connectivity index (χ1v) is 5.98. The van der Waals surface area contributed by atoms with Crippen molar-refractivity contribution >= 4 is 17.6 Å². The van der Waals surface area contributed by atoms with Crippen LogP contribution in [0.5, 0.6) is 5.75 Å². The number of carbonyl (C=O) groups is 2. The molecule has 6 heteroatoms. The molecule has 1 aromatic rings. The molecule has 0 aliphatic carbocycles. The molecule has 0 atom stereocenters. The second kappa shape index (κ2) is 7.25. The third-order valence-corrected chi connectivity index (χ3v) is 2.26. The van der Waals surface area contributed by atoms with E-state index in [0.29, 0.717) is 24.6 Å². The molecule has 0 spiro atoms. The third kappa shape index (κ3) is 4.87. The number of nitrogens with one attached hydrogen (secondary N) is 1. The zero-order chi connectivity index (χ0) is 14.3. The van der Waals surface area contributed by atoms with Crippen molar-refractivity contribution in [1.29, 1.82) is 0 Å². The van der Waals surface area contributed by atoms with Gasteiger partial charge in [-0.1, -0.05) is 0 Å². The molecular weight excluding hydrogens is 248 g/mol. The van der Waals surface area contributed by atoms with Gasteiger partial charge in [0.1, 0.15) is 12.4 Å². The van der Waals surface area contributed by atoms with Crippen LogP contribution in [0.15, 0.2) is 18.2 Å². The number of ether oxygens (including phenoxy) is 2. The zero-order valence-corrected chi connectivity index (χ0v) is 11.1. The van der Waals surface area contributed by atoms with E-state index in [2.05, 4.69) is 5.32 Å². The Hall–Kier alpha value is -2.24. The highest BCUT2D eigenvalue weighted by Crippen LogP contribution is 2.20. The van der Waals surface area contributed by atoms with Crippen LogP contribution in [0.3, 0.4) is 0 Å². The van der Waals surface area contributed by atoms with Crippen molar-refractivity contribution in [3.63, 3.8) is 0 Å². The Bertz CT molecular complexity index is 460. The fraction of sp³-hybridized carbons (Fsp3) is 0.385. The molecule has 1 amide bonds. The van der Waals surface area contributed by atoms with Gasteiger partial charge in [0.05, 0.1) is 18.7 Å². The lowest BCUT2D eigenvalue weighted by Gasteiger charge is -2.10. The molecule has 19 heavy (non-hydrogen) atoms. The highest BCUT2D eigenvalue weighted by molar-refractivity contribution is 5.95. The Labute approximate surface area is 111 Å². The lowest BCUT2D eigenvalue weighted by molar-refractivity contribution is -0.119. The van der Waals surface area contributed by atoms with E-state index in [1.54, 1.807) is 19.1 Å². The number of rotatable bonds is 6. The summed E-state index contributed by atoms with van der Waals surface area (Å²) in [5.74, 6) is -0.0944. The van der Waals surface area contributed by atoms with Crippen LogP contribution in [-0.2, 0) is 9.53 Å². The molecule has 0 heterocycles. The summed E-state index contributed by atoms with van der Waals surface area (Å²) in [5.41, 5.74) is 6.32. The van der Waals surface area contributed by atoms with Crippen LogP contribution in [0.4, 0.5) is 5.69 Å². The SMILES string of the molecule is CCOC(=O)c1cc(OCCNC(C)=O)ccc1N. The molecule has 0 aliphatic heterocycles. The van der Waals surface area contributed by atoms with Gasteiger partial charge in [-0.25, -0.2) is 4.79 Å². The van der Waals surface area contributed by atoms with Crippen LogP contribution in [-0.4, -0.2) is 31.6 Å². The molecule has 0 saturated heterocycles. The number of benzene rings is 1. The maximum absolute atomic E-state index is 11.6. The molecule has 0 fully saturated rings. The van der Waals surface area contributed by atoms with Crippen molar-refractivity contribution in [3.8, 4) is 5.75 Å². The summed E-state index contributed by atoms with van der Waals surface area (Å²) >= 11 is 0. The molecule has 0 bridgehead atoms. The largest absolute Gasteiger partial charge is 0.492 e. The Morgan fingerprint density at radius 1 is 1.37 bits per heavy atom. The summed E-state index contributed by atoms with van der Waals surface area (Å²) in [7, 11) is 0. The van der Waals surface area contributed by atoms with Crippen LogP contribution < -0.4 is 15.8 Å². The van der Waals surface area contributed by atoms with Gasteiger partial charge in [-0.15, -0.1) is 0 Å². The van der Waals surface area contributed by atoms with Crippen molar-refractivity contribution in [1.82, 2.24) is 5.32 Å². The van der Waals surface area contributed by atoms with E-state index in [1.807, 2.05) is 0 Å². The minimum atomic E-state index is -0.479. The van der Waals surface area contributed by atoms with E-state index in [9.17, 15) is 9.59 Å². The lowest BCUT2D eigenvalue weighted by atomic mass is 10.2. The third-order valence-electron chi connectivity index (χ3n) is 2.26. The monoisotopic (exact) mass is 266 g/mol. The first kappa shape index (κ1) is 14.8. The lowest BCUT2D eigenvalue weighted by Crippen LogP contribution is -2.25. The van der Waals surface area contributed by atoms with Crippen molar-refractivity contribution in [2.24, 2.45) is 0 Å². The predicted molar refractivity (Wildman–Crippen MR) is 71.0 cm³/mol. The maximum atomic E-state index is 11.6. The van der Waals surface area contributed by atoms with E-state index >= 15 is 0 Å². The van der Waals surface area contributed by atoms with Gasteiger partial charge >= 0.3 is 5.97 Å². The number of hydrogen-bond donors (Lipinski definition) is 2. The van der Waals surface area contributed by atoms with Crippen LogP contribution in [0.25, 0.3) is 0 Å². The van der Waals surface area contributed by atoms with E-state index in [1.165, 1.54) is 13.0 Å². The first-order chi connectivity index (χ1) is 9.04. The van der Waals surface area contributed by atoms with Crippen LogP contribution in [0.1, 0.15) is 24.2 Å². The minimum absolute atomic E-state index is 0.117. The molecular formula is C13H18N2O4. The molecule has 1 aromatic carbocycles. The fourth-order valence-corrected chi connectivity index (χ4v) is 1.41. The average molecular weight is 266 g/mol. The Morgan fingerprint density at radius 3 is 2.74 bits per heavy atom. The molecule has 0 radical (unpaired) electrons. The van der Waals surface area contributed by atoms with Crippen molar-refractivity contribution in [2.45, 2.75) is 13.8 Å². The van der Waals surface area contributed by atoms with E-state index in [0.717, 1.165) is 0 Å². The second-order valence-corrected chi connectivity index (χ2v) is 3.80. The number of carbonyl (C=O) groups excluding carboxylic acids is 2. The highest BCUT2D eigenvalue weighted by Gasteiger charge is 2.11. The van der Waals surface area contributed by atoms with Crippen LogP contribution in [0, 0.1) is 0 Å². The molecule has 0 aromatic heterocycles. The zero-order valence-electron chi connectivity index (χ0n) is 11.1. The van der Waals surface area contributed by atoms with Gasteiger partial charge in [-0.3, -0.25) is 4.79 Å². The van der Waals surface area contributed by atoms with Crippen LogP contribution in [0.2, 0.25) is 0 Å². The summed E-state index contributed by atoms with van der Waals surface area (Å²) in [4.78, 5) is 22.3. The predicted octanol–water partition coefficient (Wildman–Crippen LogP) is 0.960. The number of anilines is 1. The topological polar surface area (TPSA) is 90.6 Å². The summed E-state index contributed by atoms with van der Waals surface area (Å²) < 4.78 is 10.3. The Balaban J connectivity index is 2.63. The second-order valence-electron chi connectivity index (χ2n) is 3.80. The number of amides is 1. The summed E-state index contributed by atoms with van der Waals surface area (Å²) in [5, 5.41) is 2.60. The summed E-state index contributed by atoms with van der Waals surface area (Å²) in [6, 6.07) is 4.77. The molecule has 104 valence electrons. The maximum Gasteiger partial charge on any atom is 0.340 e. The van der Waals surface area contributed by atoms with Gasteiger partial charge in [0.25, 0.3) is 0 Å². The van der Waals surface area contributed by atoms with Gasteiger partial charge in [-0.2, -0.15) is 0 Å². The molecule has 3 N–H and O–H groups in total. The molecule has 0 unspecified atom stereocenters. The van der Waals surface area contributed by atoms with Gasteiger partial charge in [0.15, 0.2) is 0 Å². The van der Waals surface area contributed by atoms with Gasteiger partial charge < -0.3 is 20.5 Å². The van der Waals surface area contributed by atoms with Crippen LogP contribution >= 0.6 is 0 Å². The van der Waals surface area contributed by atoms with E-state index in [4.69, 9.17) is 15.2 Å². The average Bonchev–Trinajstić information content (AvgIpc) is 2.36. The number of hydrogen-bond acceptors (Lipinski definition) is 5. The summed E-state index contributed by atoms with van der Waals surface area (Å²) in [6.45, 7) is 4.15. The van der Waals surface area contributed by atoms with Gasteiger partial charge in [0, 0.05) is 12.6 Å². The number of nitrogen functional groups attached to an aromatic ring is 1. The van der Waals surface area contributed by atoms with Crippen molar-refractivity contribution in [2.75, 3.05) is 25.5 Å². The molecule has 1 rings (SSSR count). The Morgan fingerprint density at radius 2 is 2.11 bits per heavy atom. The molecule has 6 nitrogen and oxygen atoms in total. The standard InChI is InChI=1S/C13H18N2O4/c1-3-18-13(17)11-8-10(4-5-12(11)14)19-7-6-15-9(2)16/h4-5,8H,3,6-7,14H2,1-2H3,(H,15,16). The van der Waals surface area contributed by atoms with E-state index in [-0.39, 0.29) is 18.1 Å².